The lowest BCUT2D eigenvalue weighted by molar-refractivity contribution is -0.137. The highest BCUT2D eigenvalue weighted by Crippen LogP contribution is 2.23. The normalized spacial score (nSPS) is 24.5. The number of rotatable bonds is 8. The van der Waals surface area contributed by atoms with E-state index >= 15 is 0 Å². The first-order chi connectivity index (χ1) is 19.3. The van der Waals surface area contributed by atoms with Gasteiger partial charge in [-0.2, -0.15) is 0 Å². The molecule has 4 atom stereocenters. The second-order valence-corrected chi connectivity index (χ2v) is 11.2. The number of nitrogens with two attached hydrogens (primary N) is 2. The van der Waals surface area contributed by atoms with Gasteiger partial charge in [-0.05, 0) is 50.3 Å². The number of carbonyl (C=O) groups is 5. The third-order valence-electron chi connectivity index (χ3n) is 7.06. The molecule has 41 heavy (non-hydrogen) atoms. The smallest absolute Gasteiger partial charge is 0.247 e. The van der Waals surface area contributed by atoms with Crippen LogP contribution in [-0.2, 0) is 24.0 Å². The maximum Gasteiger partial charge on any atom is 0.247 e. The summed E-state index contributed by atoms with van der Waals surface area (Å²) in [6, 6.07) is 4.40. The van der Waals surface area contributed by atoms with Gasteiger partial charge in [0, 0.05) is 36.4 Å². The van der Waals surface area contributed by atoms with Crippen molar-refractivity contribution in [2.75, 3.05) is 13.1 Å². The van der Waals surface area contributed by atoms with Gasteiger partial charge in [-0.15, -0.1) is 0 Å². The third kappa shape index (κ3) is 10.0. The van der Waals surface area contributed by atoms with Crippen LogP contribution in [0.3, 0.4) is 0 Å². The molecule has 13 heteroatoms. The van der Waals surface area contributed by atoms with Crippen LogP contribution in [0.15, 0.2) is 29.3 Å². The molecule has 1 fully saturated rings. The lowest BCUT2D eigenvalue weighted by atomic mass is 9.84. The molecule has 226 valence electrons. The van der Waals surface area contributed by atoms with Gasteiger partial charge in [0.05, 0.1) is 5.54 Å². The van der Waals surface area contributed by atoms with Crippen molar-refractivity contribution in [3.8, 4) is 0 Å². The van der Waals surface area contributed by atoms with Crippen LogP contribution in [-0.4, -0.2) is 60.0 Å². The molecule has 1 heterocycles. The van der Waals surface area contributed by atoms with E-state index in [1.807, 2.05) is 0 Å². The van der Waals surface area contributed by atoms with Crippen LogP contribution in [0, 0.1) is 11.8 Å². The Hall–Kier alpha value is -3.67. The van der Waals surface area contributed by atoms with E-state index in [-0.39, 0.29) is 56.4 Å². The fourth-order valence-corrected chi connectivity index (χ4v) is 4.51. The van der Waals surface area contributed by atoms with Crippen molar-refractivity contribution in [3.63, 3.8) is 0 Å². The van der Waals surface area contributed by atoms with Gasteiger partial charge in [-0.1, -0.05) is 44.5 Å². The maximum atomic E-state index is 13.7. The number of halogens is 1. The molecule has 0 unspecified atom stereocenters. The molecule has 1 aromatic rings. The maximum absolute atomic E-state index is 13.7. The molecule has 1 aliphatic rings. The second-order valence-electron chi connectivity index (χ2n) is 10.8. The van der Waals surface area contributed by atoms with Gasteiger partial charge in [-0.25, -0.2) is 0 Å². The summed E-state index contributed by atoms with van der Waals surface area (Å²) in [7, 11) is 0. The van der Waals surface area contributed by atoms with Crippen molar-refractivity contribution in [2.24, 2.45) is 28.3 Å². The number of aliphatic imine (C=N–C) groups is 1. The molecule has 2 rings (SSSR count). The summed E-state index contributed by atoms with van der Waals surface area (Å²) in [4.78, 5) is 70.3. The van der Waals surface area contributed by atoms with Gasteiger partial charge in [-0.3, -0.25) is 29.0 Å². The van der Waals surface area contributed by atoms with Crippen molar-refractivity contribution in [3.05, 3.63) is 34.9 Å². The number of benzene rings is 1. The van der Waals surface area contributed by atoms with Crippen LogP contribution in [0.5, 0.6) is 0 Å². The van der Waals surface area contributed by atoms with E-state index < -0.39 is 47.2 Å². The first-order valence-electron chi connectivity index (χ1n) is 13.8. The predicted octanol–water partition coefficient (Wildman–Crippen LogP) is 1.07. The number of hydrogen-bond acceptors (Lipinski definition) is 6. The largest absolute Gasteiger partial charge is 0.370 e. The molecule has 0 aliphatic carbocycles. The Morgan fingerprint density at radius 2 is 1.76 bits per heavy atom. The molecule has 0 bridgehead atoms. The van der Waals surface area contributed by atoms with Crippen LogP contribution in [0.2, 0.25) is 5.02 Å². The van der Waals surface area contributed by atoms with Gasteiger partial charge in [0.1, 0.15) is 12.1 Å². The van der Waals surface area contributed by atoms with E-state index in [1.165, 1.54) is 0 Å². The van der Waals surface area contributed by atoms with Crippen molar-refractivity contribution in [2.45, 2.75) is 77.4 Å². The summed E-state index contributed by atoms with van der Waals surface area (Å²) in [5, 5.41) is 11.6. The Morgan fingerprint density at radius 3 is 2.34 bits per heavy atom. The summed E-state index contributed by atoms with van der Waals surface area (Å²) in [5.41, 5.74) is 9.94. The van der Waals surface area contributed by atoms with Crippen molar-refractivity contribution >= 4 is 47.0 Å². The fraction of sp³-hybridized carbons (Fsp3) is 0.571. The summed E-state index contributed by atoms with van der Waals surface area (Å²) >= 11 is 6.02. The Balaban J connectivity index is 2.47. The van der Waals surface area contributed by atoms with E-state index in [4.69, 9.17) is 23.1 Å². The molecule has 0 radical (unpaired) electrons. The summed E-state index contributed by atoms with van der Waals surface area (Å²) < 4.78 is 0. The standard InChI is InChI=1S/C28H42ClN7O5/c1-5-20-25(40)35-22(17-8-10-19(29)11-9-17)26(41)32-14-12-28(4,36-23(38)16(2)3)21(37)15-18(24(39)34-20)7-6-13-33-27(30)31/h8-11,16,18,20,22H,5-7,12-15H2,1-4H3,(H,32,41)(H,34,39)(H,35,40)(H,36,38)(H4,30,31,33)/t18-,20+,22-,28-/m1/s1. The van der Waals surface area contributed by atoms with Crippen LogP contribution < -0.4 is 32.7 Å². The highest BCUT2D eigenvalue weighted by molar-refractivity contribution is 6.30. The van der Waals surface area contributed by atoms with E-state index in [1.54, 1.807) is 52.0 Å². The molecule has 12 nitrogen and oxygen atoms in total. The monoisotopic (exact) mass is 591 g/mol. The number of carbonyl (C=O) groups excluding carboxylic acids is 5. The van der Waals surface area contributed by atoms with Crippen molar-refractivity contribution in [1.29, 1.82) is 0 Å². The second kappa shape index (κ2) is 15.4. The highest BCUT2D eigenvalue weighted by atomic mass is 35.5. The molecule has 0 spiro atoms. The number of nitrogens with zero attached hydrogens (tertiary/aromatic N) is 1. The topological polar surface area (TPSA) is 198 Å². The minimum atomic E-state index is -1.36. The minimum absolute atomic E-state index is 0.0258. The first kappa shape index (κ1) is 33.5. The lowest BCUT2D eigenvalue weighted by Crippen LogP contribution is -2.57. The highest BCUT2D eigenvalue weighted by Gasteiger charge is 2.38. The summed E-state index contributed by atoms with van der Waals surface area (Å²) in [6.07, 6.45) is 0.795. The molecule has 0 saturated carbocycles. The number of guanidine groups is 1. The summed E-state index contributed by atoms with van der Waals surface area (Å²) in [6.45, 7) is 7.01. The average Bonchev–Trinajstić information content (AvgIpc) is 2.91. The molecular formula is C28H42ClN7O5. The number of hydrogen-bond donors (Lipinski definition) is 6. The number of nitrogens with one attached hydrogen (secondary N) is 4. The van der Waals surface area contributed by atoms with Gasteiger partial charge in [0.15, 0.2) is 11.7 Å². The quantitative estimate of drug-likeness (QED) is 0.147. The fourth-order valence-electron chi connectivity index (χ4n) is 4.39. The van der Waals surface area contributed by atoms with Crippen molar-refractivity contribution in [1.82, 2.24) is 21.3 Å². The molecule has 1 saturated heterocycles. The van der Waals surface area contributed by atoms with Crippen LogP contribution in [0.1, 0.15) is 71.4 Å². The first-order valence-corrected chi connectivity index (χ1v) is 14.2. The minimum Gasteiger partial charge on any atom is -0.370 e. The zero-order chi connectivity index (χ0) is 30.7. The Bertz CT molecular complexity index is 1140. The average molecular weight is 592 g/mol. The Morgan fingerprint density at radius 1 is 1.10 bits per heavy atom. The Labute approximate surface area is 245 Å². The SMILES string of the molecule is CC[C@@H]1NC(=O)[C@H](CCCN=C(N)N)CC(=O)[C@](C)(NC(=O)C(C)C)CCNC(=O)[C@@H](c2ccc(Cl)cc2)NC1=O. The predicted molar refractivity (Wildman–Crippen MR) is 157 cm³/mol. The number of amides is 4. The number of ketones is 1. The number of Topliss-reactive ketones (excluding diaryl/α,β-unsaturated/α-hetero) is 1. The zero-order valence-electron chi connectivity index (χ0n) is 24.1. The van der Waals surface area contributed by atoms with E-state index in [9.17, 15) is 24.0 Å². The van der Waals surface area contributed by atoms with Gasteiger partial charge in [0.2, 0.25) is 23.6 Å². The zero-order valence-corrected chi connectivity index (χ0v) is 24.8. The van der Waals surface area contributed by atoms with E-state index in [0.717, 1.165) is 0 Å². The van der Waals surface area contributed by atoms with Crippen LogP contribution in [0.4, 0.5) is 0 Å². The van der Waals surface area contributed by atoms with Gasteiger partial charge >= 0.3 is 0 Å². The molecule has 4 amide bonds. The molecule has 0 aromatic heterocycles. The lowest BCUT2D eigenvalue weighted by Gasteiger charge is -2.33. The Kier molecular flexibility index (Phi) is 12.6. The third-order valence-corrected chi connectivity index (χ3v) is 7.32. The molecular weight excluding hydrogens is 550 g/mol. The van der Waals surface area contributed by atoms with E-state index in [0.29, 0.717) is 17.0 Å². The van der Waals surface area contributed by atoms with Gasteiger partial charge < -0.3 is 32.7 Å². The van der Waals surface area contributed by atoms with Crippen molar-refractivity contribution < 1.29 is 24.0 Å². The molecule has 1 aliphatic heterocycles. The molecule has 1 aromatic carbocycles. The van der Waals surface area contributed by atoms with Crippen LogP contribution >= 0.6 is 11.6 Å². The van der Waals surface area contributed by atoms with E-state index in [2.05, 4.69) is 26.3 Å². The van der Waals surface area contributed by atoms with Gasteiger partial charge in [0.25, 0.3) is 0 Å². The summed E-state index contributed by atoms with van der Waals surface area (Å²) in [5.74, 6) is -3.54. The van der Waals surface area contributed by atoms with Crippen LogP contribution in [0.25, 0.3) is 0 Å². The molecule has 8 N–H and O–H groups in total.